The van der Waals surface area contributed by atoms with Crippen LogP contribution in [0.2, 0.25) is 10.0 Å². The van der Waals surface area contributed by atoms with E-state index in [2.05, 4.69) is 5.32 Å². The van der Waals surface area contributed by atoms with Gasteiger partial charge < -0.3 is 4.57 Å². The first-order valence-electron chi connectivity index (χ1n) is 9.82. The summed E-state index contributed by atoms with van der Waals surface area (Å²) < 4.78 is 1.95. The Balaban J connectivity index is 1.74. The van der Waals surface area contributed by atoms with E-state index in [1.54, 1.807) is 24.3 Å². The second-order valence-corrected chi connectivity index (χ2v) is 8.59. The first-order chi connectivity index (χ1) is 14.3. The number of carbonyl (C=O) groups excluding carboxylic acids is 3. The zero-order valence-electron chi connectivity index (χ0n) is 16.7. The first-order valence-corrected chi connectivity index (χ1v) is 10.6. The number of rotatable bonds is 3. The Labute approximate surface area is 184 Å². The molecule has 0 atom stereocenters. The van der Waals surface area contributed by atoms with Gasteiger partial charge in [0.1, 0.15) is 5.57 Å². The van der Waals surface area contributed by atoms with Gasteiger partial charge in [-0.2, -0.15) is 0 Å². The molecule has 1 saturated heterocycles. The van der Waals surface area contributed by atoms with Crippen molar-refractivity contribution >= 4 is 47.1 Å². The van der Waals surface area contributed by atoms with Crippen LogP contribution in [-0.4, -0.2) is 33.4 Å². The van der Waals surface area contributed by atoms with Crippen molar-refractivity contribution in [2.45, 2.75) is 45.6 Å². The van der Waals surface area contributed by atoms with Crippen LogP contribution in [0, 0.1) is 13.8 Å². The van der Waals surface area contributed by atoms with Crippen LogP contribution in [0.15, 0.2) is 29.8 Å². The average molecular weight is 446 g/mol. The highest BCUT2D eigenvalue weighted by Gasteiger charge is 2.40. The third-order valence-electron chi connectivity index (χ3n) is 5.70. The van der Waals surface area contributed by atoms with Crippen LogP contribution in [0.25, 0.3) is 11.8 Å². The van der Waals surface area contributed by atoms with Crippen LogP contribution in [-0.2, 0) is 9.59 Å². The highest BCUT2D eigenvalue weighted by atomic mass is 35.5. The van der Waals surface area contributed by atoms with Crippen LogP contribution in [0.4, 0.5) is 4.79 Å². The van der Waals surface area contributed by atoms with Gasteiger partial charge in [0.2, 0.25) is 0 Å². The van der Waals surface area contributed by atoms with Gasteiger partial charge in [-0.1, -0.05) is 36.0 Å². The van der Waals surface area contributed by atoms with Crippen LogP contribution in [0.5, 0.6) is 0 Å². The van der Waals surface area contributed by atoms with Gasteiger partial charge in [0, 0.05) is 33.2 Å². The van der Waals surface area contributed by atoms with E-state index in [0.717, 1.165) is 42.8 Å². The van der Waals surface area contributed by atoms with E-state index in [4.69, 9.17) is 23.2 Å². The molecule has 0 radical (unpaired) electrons. The van der Waals surface area contributed by atoms with Gasteiger partial charge in [-0.3, -0.25) is 19.8 Å². The summed E-state index contributed by atoms with van der Waals surface area (Å²) in [7, 11) is 0. The fourth-order valence-electron chi connectivity index (χ4n) is 4.32. The molecule has 8 heteroatoms. The standard InChI is InChI=1S/C22H21Cl2N3O3/c1-12-7-14(13(2)26(12)18-10-15(23)9-16(24)11-18)8-19-20(28)25-22(30)27(21(19)29)17-5-3-4-6-17/h7-11,17H,3-6H2,1-2H3,(H,25,28,30). The van der Waals surface area contributed by atoms with Crippen molar-refractivity contribution in [3.63, 3.8) is 0 Å². The topological polar surface area (TPSA) is 71.4 Å². The molecular weight excluding hydrogens is 425 g/mol. The molecule has 2 aliphatic rings. The number of nitrogens with one attached hydrogen (secondary N) is 1. The molecule has 1 aliphatic heterocycles. The molecule has 1 N–H and O–H groups in total. The summed E-state index contributed by atoms with van der Waals surface area (Å²) in [6, 6.07) is 6.34. The Hall–Kier alpha value is -2.57. The molecule has 1 aromatic heterocycles. The highest BCUT2D eigenvalue weighted by Crippen LogP contribution is 2.30. The zero-order valence-corrected chi connectivity index (χ0v) is 18.2. The predicted molar refractivity (Wildman–Crippen MR) is 116 cm³/mol. The van der Waals surface area contributed by atoms with Crippen molar-refractivity contribution < 1.29 is 14.4 Å². The number of aromatic nitrogens is 1. The second kappa shape index (κ2) is 7.93. The molecule has 4 rings (SSSR count). The van der Waals surface area contributed by atoms with Gasteiger partial charge in [-0.05, 0) is 62.6 Å². The SMILES string of the molecule is Cc1cc(C=C2C(=O)NC(=O)N(C3CCCC3)C2=O)c(C)n1-c1cc(Cl)cc(Cl)c1. The Kier molecular flexibility index (Phi) is 5.47. The molecule has 30 heavy (non-hydrogen) atoms. The number of halogens is 2. The number of aryl methyl sites for hydroxylation is 1. The van der Waals surface area contributed by atoms with E-state index < -0.39 is 17.8 Å². The molecule has 2 aromatic rings. The molecule has 0 bridgehead atoms. The molecule has 4 amide bonds. The van der Waals surface area contributed by atoms with E-state index in [9.17, 15) is 14.4 Å². The lowest BCUT2D eigenvalue weighted by Crippen LogP contribution is -2.57. The minimum absolute atomic E-state index is 0.0362. The van der Waals surface area contributed by atoms with E-state index >= 15 is 0 Å². The summed E-state index contributed by atoms with van der Waals surface area (Å²) in [6.45, 7) is 3.81. The lowest BCUT2D eigenvalue weighted by atomic mass is 10.1. The zero-order chi connectivity index (χ0) is 21.6. The molecule has 2 heterocycles. The molecule has 1 saturated carbocycles. The predicted octanol–water partition coefficient (Wildman–Crippen LogP) is 4.81. The van der Waals surface area contributed by atoms with Gasteiger partial charge in [-0.15, -0.1) is 0 Å². The number of carbonyl (C=O) groups is 3. The fourth-order valence-corrected chi connectivity index (χ4v) is 4.83. The van der Waals surface area contributed by atoms with Crippen molar-refractivity contribution in [2.75, 3.05) is 0 Å². The third kappa shape index (κ3) is 3.66. The monoisotopic (exact) mass is 445 g/mol. The average Bonchev–Trinajstić information content (AvgIpc) is 3.26. The number of nitrogens with zero attached hydrogens (tertiary/aromatic N) is 2. The molecular formula is C22H21Cl2N3O3. The normalized spacial score (nSPS) is 19.1. The van der Waals surface area contributed by atoms with Crippen LogP contribution >= 0.6 is 23.2 Å². The number of urea groups is 1. The van der Waals surface area contributed by atoms with E-state index in [-0.39, 0.29) is 11.6 Å². The maximum atomic E-state index is 13.0. The molecule has 6 nitrogen and oxygen atoms in total. The Morgan fingerprint density at radius 3 is 2.27 bits per heavy atom. The Bertz CT molecular complexity index is 1080. The van der Waals surface area contributed by atoms with E-state index in [1.165, 1.54) is 4.90 Å². The summed E-state index contributed by atoms with van der Waals surface area (Å²) in [6.07, 6.45) is 5.03. The molecule has 0 unspecified atom stereocenters. The van der Waals surface area contributed by atoms with Gasteiger partial charge in [-0.25, -0.2) is 4.79 Å². The molecule has 0 spiro atoms. The van der Waals surface area contributed by atoms with Gasteiger partial charge in [0.05, 0.1) is 0 Å². The second-order valence-electron chi connectivity index (χ2n) is 7.72. The summed E-state index contributed by atoms with van der Waals surface area (Å²) >= 11 is 12.3. The number of amides is 4. The lowest BCUT2D eigenvalue weighted by Gasteiger charge is -2.31. The van der Waals surface area contributed by atoms with Crippen molar-refractivity contribution in [3.05, 3.63) is 56.8 Å². The fraction of sp³-hybridized carbons (Fsp3) is 0.318. The van der Waals surface area contributed by atoms with Crippen molar-refractivity contribution in [3.8, 4) is 5.69 Å². The number of barbiturate groups is 1. The van der Waals surface area contributed by atoms with E-state index in [0.29, 0.717) is 15.6 Å². The lowest BCUT2D eigenvalue weighted by molar-refractivity contribution is -0.131. The Morgan fingerprint density at radius 1 is 1.00 bits per heavy atom. The van der Waals surface area contributed by atoms with Gasteiger partial charge in [0.25, 0.3) is 11.8 Å². The first kappa shape index (κ1) is 20.7. The third-order valence-corrected chi connectivity index (χ3v) is 6.14. The van der Waals surface area contributed by atoms with Crippen molar-refractivity contribution in [1.29, 1.82) is 0 Å². The quantitative estimate of drug-likeness (QED) is 0.544. The number of hydrogen-bond acceptors (Lipinski definition) is 3. The molecule has 2 fully saturated rings. The summed E-state index contributed by atoms with van der Waals surface area (Å²) in [4.78, 5) is 39.0. The minimum Gasteiger partial charge on any atom is -0.318 e. The largest absolute Gasteiger partial charge is 0.331 e. The van der Waals surface area contributed by atoms with Crippen molar-refractivity contribution in [1.82, 2.24) is 14.8 Å². The number of benzene rings is 1. The van der Waals surface area contributed by atoms with Gasteiger partial charge >= 0.3 is 6.03 Å². The Morgan fingerprint density at radius 2 is 1.63 bits per heavy atom. The smallest absolute Gasteiger partial charge is 0.318 e. The van der Waals surface area contributed by atoms with Crippen molar-refractivity contribution in [2.24, 2.45) is 0 Å². The number of imide groups is 2. The van der Waals surface area contributed by atoms with Crippen LogP contribution in [0.1, 0.15) is 42.6 Å². The highest BCUT2D eigenvalue weighted by molar-refractivity contribution is 6.35. The number of hydrogen-bond donors (Lipinski definition) is 1. The summed E-state index contributed by atoms with van der Waals surface area (Å²) in [5.41, 5.74) is 3.18. The molecule has 156 valence electrons. The van der Waals surface area contributed by atoms with E-state index in [1.807, 2.05) is 24.5 Å². The molecule has 1 aromatic carbocycles. The van der Waals surface area contributed by atoms with Gasteiger partial charge in [0.15, 0.2) is 0 Å². The van der Waals surface area contributed by atoms with Crippen LogP contribution in [0.3, 0.4) is 0 Å². The van der Waals surface area contributed by atoms with Crippen LogP contribution < -0.4 is 5.32 Å². The molecule has 1 aliphatic carbocycles. The summed E-state index contributed by atoms with van der Waals surface area (Å²) in [5, 5.41) is 3.33. The maximum Gasteiger partial charge on any atom is 0.331 e. The maximum absolute atomic E-state index is 13.0. The summed E-state index contributed by atoms with van der Waals surface area (Å²) in [5.74, 6) is -1.21. The minimum atomic E-state index is -0.671.